The van der Waals surface area contributed by atoms with Gasteiger partial charge in [-0.05, 0) is 82.3 Å². The first-order valence-corrected chi connectivity index (χ1v) is 13.3. The molecule has 204 valence electrons. The van der Waals surface area contributed by atoms with Crippen LogP contribution in [0.15, 0.2) is 53.5 Å². The molecule has 0 saturated carbocycles. The first kappa shape index (κ1) is 27.6. The Balaban J connectivity index is 1.54. The summed E-state index contributed by atoms with van der Waals surface area (Å²) in [5.74, 6) is 0.403. The summed E-state index contributed by atoms with van der Waals surface area (Å²) in [6.07, 6.45) is 1.69. The number of rotatable bonds is 10. The summed E-state index contributed by atoms with van der Waals surface area (Å²) < 4.78 is 17.3. The van der Waals surface area contributed by atoms with Crippen molar-refractivity contribution in [3.8, 4) is 5.75 Å². The zero-order chi connectivity index (χ0) is 27.3. The standard InChI is InChI=1S/C30H38N2O6/c1-20-30(15-14-26(34)38-29(2,3)4,28(35)31-24-18-22-8-5-6-9-23(22)19-24)32-27(37-20)21-10-12-25(13-11-21)36-17-7-16-33/h5-6,8-13,20,24,33H,7,14-19H2,1-4H3,(H,31,35)/t20-,30-/m1/s1. The highest BCUT2D eigenvalue weighted by Crippen LogP contribution is 2.34. The highest BCUT2D eigenvalue weighted by atomic mass is 16.6. The second-order valence-corrected chi connectivity index (χ2v) is 11.0. The predicted molar refractivity (Wildman–Crippen MR) is 144 cm³/mol. The van der Waals surface area contributed by atoms with Crippen molar-refractivity contribution in [3.05, 3.63) is 65.2 Å². The number of nitrogens with one attached hydrogen (secondary N) is 1. The summed E-state index contributed by atoms with van der Waals surface area (Å²) in [5.41, 5.74) is 1.31. The molecule has 2 N–H and O–H groups in total. The molecule has 38 heavy (non-hydrogen) atoms. The number of carbonyl (C=O) groups is 2. The van der Waals surface area contributed by atoms with Crippen LogP contribution in [0.3, 0.4) is 0 Å². The maximum atomic E-state index is 13.9. The number of aliphatic imine (C=N–C) groups is 1. The van der Waals surface area contributed by atoms with E-state index >= 15 is 0 Å². The lowest BCUT2D eigenvalue weighted by molar-refractivity contribution is -0.155. The maximum absolute atomic E-state index is 13.9. The van der Waals surface area contributed by atoms with Gasteiger partial charge in [-0.1, -0.05) is 24.3 Å². The van der Waals surface area contributed by atoms with Crippen LogP contribution in [0.25, 0.3) is 0 Å². The zero-order valence-corrected chi connectivity index (χ0v) is 22.7. The van der Waals surface area contributed by atoms with E-state index in [-0.39, 0.29) is 37.4 Å². The number of hydrogen-bond donors (Lipinski definition) is 2. The number of aliphatic hydroxyl groups excluding tert-OH is 1. The van der Waals surface area contributed by atoms with E-state index in [1.165, 1.54) is 11.1 Å². The molecule has 0 fully saturated rings. The molecule has 0 spiro atoms. The van der Waals surface area contributed by atoms with Gasteiger partial charge in [0.15, 0.2) is 5.54 Å². The third-order valence-corrected chi connectivity index (χ3v) is 6.84. The lowest BCUT2D eigenvalue weighted by atomic mass is 9.87. The molecular formula is C30H38N2O6. The molecule has 2 aromatic rings. The van der Waals surface area contributed by atoms with Crippen LogP contribution in [-0.2, 0) is 31.9 Å². The van der Waals surface area contributed by atoms with Gasteiger partial charge in [0.1, 0.15) is 17.5 Å². The van der Waals surface area contributed by atoms with E-state index in [4.69, 9.17) is 24.3 Å². The Morgan fingerprint density at radius 2 is 1.76 bits per heavy atom. The molecule has 1 aliphatic heterocycles. The average molecular weight is 523 g/mol. The highest BCUT2D eigenvalue weighted by molar-refractivity contribution is 6.01. The molecule has 1 heterocycles. The van der Waals surface area contributed by atoms with Crippen LogP contribution in [0.1, 0.15) is 63.6 Å². The minimum atomic E-state index is -1.27. The smallest absolute Gasteiger partial charge is 0.306 e. The summed E-state index contributed by atoms with van der Waals surface area (Å²) >= 11 is 0. The van der Waals surface area contributed by atoms with Crippen molar-refractivity contribution in [1.82, 2.24) is 5.32 Å². The molecule has 1 aliphatic carbocycles. The topological polar surface area (TPSA) is 106 Å². The van der Waals surface area contributed by atoms with Gasteiger partial charge in [0.25, 0.3) is 5.91 Å². The van der Waals surface area contributed by atoms with Crippen LogP contribution >= 0.6 is 0 Å². The van der Waals surface area contributed by atoms with Crippen molar-refractivity contribution >= 4 is 17.8 Å². The Kier molecular flexibility index (Phi) is 8.41. The fraction of sp³-hybridized carbons (Fsp3) is 0.500. The molecule has 0 bridgehead atoms. The van der Waals surface area contributed by atoms with Gasteiger partial charge in [-0.15, -0.1) is 0 Å². The van der Waals surface area contributed by atoms with Crippen molar-refractivity contribution < 1.29 is 28.9 Å². The van der Waals surface area contributed by atoms with Crippen LogP contribution < -0.4 is 10.1 Å². The number of nitrogens with zero attached hydrogens (tertiary/aromatic N) is 1. The minimum Gasteiger partial charge on any atom is -0.494 e. The van der Waals surface area contributed by atoms with Gasteiger partial charge in [0, 0.05) is 31.1 Å². The number of esters is 1. The predicted octanol–water partition coefficient (Wildman–Crippen LogP) is 3.76. The fourth-order valence-electron chi connectivity index (χ4n) is 4.91. The molecule has 0 aromatic heterocycles. The average Bonchev–Trinajstić information content (AvgIpc) is 3.43. The second kappa shape index (κ2) is 11.6. The number of hydrogen-bond acceptors (Lipinski definition) is 7. The Bertz CT molecular complexity index is 1150. The zero-order valence-electron chi connectivity index (χ0n) is 22.7. The van der Waals surface area contributed by atoms with Gasteiger partial charge in [0.2, 0.25) is 5.90 Å². The molecule has 2 aromatic carbocycles. The van der Waals surface area contributed by atoms with Gasteiger partial charge in [0.05, 0.1) is 6.61 Å². The van der Waals surface area contributed by atoms with E-state index in [1.54, 1.807) is 12.1 Å². The summed E-state index contributed by atoms with van der Waals surface area (Å²) in [5, 5.41) is 12.1. The summed E-state index contributed by atoms with van der Waals surface area (Å²) in [6.45, 7) is 7.77. The van der Waals surface area contributed by atoms with Gasteiger partial charge in [-0.3, -0.25) is 9.59 Å². The first-order chi connectivity index (χ1) is 18.1. The number of carbonyl (C=O) groups excluding carboxylic acids is 2. The molecule has 8 nitrogen and oxygen atoms in total. The van der Waals surface area contributed by atoms with Crippen LogP contribution in [0, 0.1) is 0 Å². The van der Waals surface area contributed by atoms with Crippen molar-refractivity contribution in [2.45, 2.75) is 83.1 Å². The number of benzene rings is 2. The van der Waals surface area contributed by atoms with Gasteiger partial charge in [-0.25, -0.2) is 4.99 Å². The molecule has 4 rings (SSSR count). The Labute approximate surface area is 224 Å². The molecule has 0 radical (unpaired) electrons. The first-order valence-electron chi connectivity index (χ1n) is 13.3. The van der Waals surface area contributed by atoms with Crippen molar-refractivity contribution in [1.29, 1.82) is 0 Å². The molecule has 8 heteroatoms. The van der Waals surface area contributed by atoms with E-state index < -0.39 is 17.2 Å². The quantitative estimate of drug-likeness (QED) is 0.364. The minimum absolute atomic E-state index is 0.0394. The normalized spacial score (nSPS) is 20.9. The van der Waals surface area contributed by atoms with Crippen LogP contribution in [0.2, 0.25) is 0 Å². The molecule has 0 saturated heterocycles. The third kappa shape index (κ3) is 6.54. The third-order valence-electron chi connectivity index (χ3n) is 6.84. The Morgan fingerprint density at radius 1 is 1.11 bits per heavy atom. The van der Waals surface area contributed by atoms with Crippen LogP contribution in [0.4, 0.5) is 0 Å². The monoisotopic (exact) mass is 522 g/mol. The van der Waals surface area contributed by atoms with E-state index in [9.17, 15) is 9.59 Å². The Morgan fingerprint density at radius 3 is 2.37 bits per heavy atom. The molecule has 2 atom stereocenters. The van der Waals surface area contributed by atoms with Crippen LogP contribution in [-0.4, -0.2) is 59.4 Å². The number of amides is 1. The number of ether oxygens (including phenoxy) is 3. The summed E-state index contributed by atoms with van der Waals surface area (Å²) in [7, 11) is 0. The fourth-order valence-corrected chi connectivity index (χ4v) is 4.91. The number of aliphatic hydroxyl groups is 1. The van der Waals surface area contributed by atoms with Gasteiger partial charge < -0.3 is 24.6 Å². The van der Waals surface area contributed by atoms with Crippen LogP contribution in [0.5, 0.6) is 5.75 Å². The van der Waals surface area contributed by atoms with E-state index in [0.29, 0.717) is 30.2 Å². The molecule has 1 amide bonds. The summed E-state index contributed by atoms with van der Waals surface area (Å²) in [6, 6.07) is 15.4. The van der Waals surface area contributed by atoms with Crippen molar-refractivity contribution in [3.63, 3.8) is 0 Å². The second-order valence-electron chi connectivity index (χ2n) is 11.0. The van der Waals surface area contributed by atoms with E-state index in [0.717, 1.165) is 12.8 Å². The highest BCUT2D eigenvalue weighted by Gasteiger charge is 2.51. The molecule has 2 aliphatic rings. The largest absolute Gasteiger partial charge is 0.494 e. The van der Waals surface area contributed by atoms with Crippen molar-refractivity contribution in [2.24, 2.45) is 4.99 Å². The van der Waals surface area contributed by atoms with Gasteiger partial charge >= 0.3 is 5.97 Å². The molecular weight excluding hydrogens is 484 g/mol. The molecule has 0 unspecified atom stereocenters. The van der Waals surface area contributed by atoms with E-state index in [2.05, 4.69) is 17.4 Å². The SMILES string of the molecule is C[C@H]1OC(c2ccc(OCCCO)cc2)=N[C@@]1(CCC(=O)OC(C)(C)C)C(=O)NC1Cc2ccccc2C1. The van der Waals surface area contributed by atoms with E-state index in [1.807, 2.05) is 52.0 Å². The van der Waals surface area contributed by atoms with Gasteiger partial charge in [-0.2, -0.15) is 0 Å². The summed E-state index contributed by atoms with van der Waals surface area (Å²) in [4.78, 5) is 31.3. The van der Waals surface area contributed by atoms with Crippen molar-refractivity contribution in [2.75, 3.05) is 13.2 Å². The lowest BCUT2D eigenvalue weighted by Crippen LogP contribution is -2.54. The maximum Gasteiger partial charge on any atom is 0.306 e. The lowest BCUT2D eigenvalue weighted by Gasteiger charge is -2.30. The number of fused-ring (bicyclic) bond motifs is 1. The Hall–Kier alpha value is -3.39.